The van der Waals surface area contributed by atoms with Gasteiger partial charge >= 0.3 is 0 Å². The Hall–Kier alpha value is -0.870. The summed E-state index contributed by atoms with van der Waals surface area (Å²) in [6, 6.07) is 0. The van der Waals surface area contributed by atoms with Crippen molar-refractivity contribution in [2.24, 2.45) is 5.73 Å². The Morgan fingerprint density at radius 3 is 3.00 bits per heavy atom. The van der Waals surface area contributed by atoms with Crippen LogP contribution in [0.25, 0.3) is 0 Å². The molecular formula is C7H10ClN3O. The van der Waals surface area contributed by atoms with Gasteiger partial charge in [0.05, 0.1) is 12.9 Å². The summed E-state index contributed by atoms with van der Waals surface area (Å²) in [6.45, 7) is 2.54. The van der Waals surface area contributed by atoms with Crippen LogP contribution in [0.3, 0.4) is 0 Å². The van der Waals surface area contributed by atoms with Crippen molar-refractivity contribution >= 4 is 17.4 Å². The predicted molar refractivity (Wildman–Crippen MR) is 46.3 cm³/mol. The summed E-state index contributed by atoms with van der Waals surface area (Å²) >= 11 is 5.69. The summed E-state index contributed by atoms with van der Waals surface area (Å²) in [5, 5.41) is 0.229. The lowest BCUT2D eigenvalue weighted by atomic mass is 10.3. The fraction of sp³-hybridized carbons (Fsp3) is 0.429. The van der Waals surface area contributed by atoms with Crippen molar-refractivity contribution in [2.75, 3.05) is 6.54 Å². The lowest BCUT2D eigenvalue weighted by Crippen LogP contribution is -2.17. The highest BCUT2D eigenvalue weighted by Crippen LogP contribution is 2.13. The summed E-state index contributed by atoms with van der Waals surface area (Å²) < 4.78 is 1.68. The number of nitrogens with zero attached hydrogens (tertiary/aromatic N) is 2. The molecule has 0 aliphatic carbocycles. The van der Waals surface area contributed by atoms with Crippen molar-refractivity contribution in [2.45, 2.75) is 13.5 Å². The highest BCUT2D eigenvalue weighted by Gasteiger charge is 2.14. The monoisotopic (exact) mass is 187 g/mol. The average Bonchev–Trinajstić information content (AvgIpc) is 2.45. The van der Waals surface area contributed by atoms with Crippen LogP contribution >= 0.6 is 11.6 Å². The molecule has 0 aromatic carbocycles. The minimum Gasteiger partial charge on any atom is -0.327 e. The number of aryl methyl sites for hydroxylation is 1. The van der Waals surface area contributed by atoms with Crippen molar-refractivity contribution < 1.29 is 4.79 Å². The van der Waals surface area contributed by atoms with Gasteiger partial charge in [0.1, 0.15) is 5.69 Å². The van der Waals surface area contributed by atoms with E-state index in [4.69, 9.17) is 17.3 Å². The number of aromatic nitrogens is 2. The number of hydrogen-bond acceptors (Lipinski definition) is 3. The van der Waals surface area contributed by atoms with E-state index < -0.39 is 0 Å². The van der Waals surface area contributed by atoms with E-state index in [0.29, 0.717) is 12.2 Å². The molecule has 1 rings (SSSR count). The largest absolute Gasteiger partial charge is 0.327 e. The average molecular weight is 188 g/mol. The van der Waals surface area contributed by atoms with Crippen molar-refractivity contribution in [3.8, 4) is 0 Å². The predicted octanol–water partition coefficient (Wildman–Crippen LogP) is 0.698. The van der Waals surface area contributed by atoms with Crippen LogP contribution in [-0.2, 0) is 6.54 Å². The van der Waals surface area contributed by atoms with Gasteiger partial charge < -0.3 is 10.3 Å². The van der Waals surface area contributed by atoms with Crippen LogP contribution in [0.15, 0.2) is 6.33 Å². The van der Waals surface area contributed by atoms with E-state index in [1.165, 1.54) is 6.33 Å². The molecule has 0 saturated heterocycles. The molecule has 66 valence electrons. The minimum absolute atomic E-state index is 0.0363. The number of ketones is 1. The number of carbonyl (C=O) groups excluding carboxylic acids is 1. The fourth-order valence-electron chi connectivity index (χ4n) is 0.969. The third kappa shape index (κ3) is 1.49. The number of carbonyl (C=O) groups is 1. The van der Waals surface area contributed by atoms with Gasteiger partial charge in [0.2, 0.25) is 0 Å². The fourth-order valence-corrected chi connectivity index (χ4v) is 1.23. The van der Waals surface area contributed by atoms with E-state index >= 15 is 0 Å². The van der Waals surface area contributed by atoms with Crippen LogP contribution in [0, 0.1) is 0 Å². The number of rotatable bonds is 3. The Labute approximate surface area is 75.3 Å². The van der Waals surface area contributed by atoms with E-state index in [2.05, 4.69) is 4.98 Å². The Morgan fingerprint density at radius 2 is 2.50 bits per heavy atom. The third-order valence-electron chi connectivity index (χ3n) is 1.58. The summed E-state index contributed by atoms with van der Waals surface area (Å²) in [5.74, 6) is -0.181. The lowest BCUT2D eigenvalue weighted by Gasteiger charge is -2.01. The lowest BCUT2D eigenvalue weighted by molar-refractivity contribution is 0.0993. The molecule has 0 radical (unpaired) electrons. The first-order chi connectivity index (χ1) is 5.70. The first-order valence-electron chi connectivity index (χ1n) is 3.64. The SMILES string of the molecule is CCn1cnc(Cl)c1C(=O)CN. The van der Waals surface area contributed by atoms with Crippen LogP contribution in [0.5, 0.6) is 0 Å². The Balaban J connectivity index is 3.10. The molecule has 0 bridgehead atoms. The molecule has 4 nitrogen and oxygen atoms in total. The smallest absolute Gasteiger partial charge is 0.195 e. The summed E-state index contributed by atoms with van der Waals surface area (Å²) in [7, 11) is 0. The summed E-state index contributed by atoms with van der Waals surface area (Å²) in [5.41, 5.74) is 5.61. The molecule has 5 heteroatoms. The summed E-state index contributed by atoms with van der Waals surface area (Å²) in [4.78, 5) is 15.0. The van der Waals surface area contributed by atoms with E-state index in [0.717, 1.165) is 0 Å². The number of hydrogen-bond donors (Lipinski definition) is 1. The van der Waals surface area contributed by atoms with Gasteiger partial charge in [0.25, 0.3) is 0 Å². The molecule has 0 spiro atoms. The molecule has 0 fully saturated rings. The topological polar surface area (TPSA) is 60.9 Å². The van der Waals surface area contributed by atoms with Gasteiger partial charge in [-0.05, 0) is 6.92 Å². The molecule has 2 N–H and O–H groups in total. The van der Waals surface area contributed by atoms with Gasteiger partial charge in [-0.25, -0.2) is 4.98 Å². The molecule has 1 aromatic rings. The molecule has 12 heavy (non-hydrogen) atoms. The molecule has 0 atom stereocenters. The van der Waals surface area contributed by atoms with Crippen molar-refractivity contribution in [3.63, 3.8) is 0 Å². The highest BCUT2D eigenvalue weighted by atomic mass is 35.5. The van der Waals surface area contributed by atoms with Crippen molar-refractivity contribution in [1.29, 1.82) is 0 Å². The maximum Gasteiger partial charge on any atom is 0.195 e. The van der Waals surface area contributed by atoms with E-state index in [1.807, 2.05) is 6.92 Å². The first kappa shape index (κ1) is 9.22. The third-order valence-corrected chi connectivity index (χ3v) is 1.86. The number of halogens is 1. The van der Waals surface area contributed by atoms with Crippen LogP contribution < -0.4 is 5.73 Å². The van der Waals surface area contributed by atoms with Crippen LogP contribution in [0.4, 0.5) is 0 Å². The molecule has 0 aliphatic heterocycles. The molecule has 1 aromatic heterocycles. The highest BCUT2D eigenvalue weighted by molar-refractivity contribution is 6.32. The normalized spacial score (nSPS) is 10.2. The Kier molecular flexibility index (Phi) is 2.83. The standard InChI is InChI=1S/C7H10ClN3O/c1-2-11-4-10-7(8)6(11)5(12)3-9/h4H,2-3,9H2,1H3. The molecule has 0 amide bonds. The molecule has 0 saturated carbocycles. The van der Waals surface area contributed by atoms with Gasteiger partial charge in [0, 0.05) is 6.54 Å². The van der Waals surface area contributed by atoms with E-state index in [1.54, 1.807) is 4.57 Å². The van der Waals surface area contributed by atoms with Crippen LogP contribution in [0.1, 0.15) is 17.4 Å². The van der Waals surface area contributed by atoms with Gasteiger partial charge in [-0.15, -0.1) is 0 Å². The van der Waals surface area contributed by atoms with Crippen molar-refractivity contribution in [3.05, 3.63) is 17.2 Å². The number of Topliss-reactive ketones (excluding diaryl/α,β-unsaturated/α-hetero) is 1. The zero-order valence-electron chi connectivity index (χ0n) is 6.75. The second kappa shape index (κ2) is 3.69. The maximum atomic E-state index is 11.2. The molecular weight excluding hydrogens is 178 g/mol. The number of nitrogens with two attached hydrogens (primary N) is 1. The second-order valence-electron chi connectivity index (χ2n) is 2.30. The molecule has 1 heterocycles. The maximum absolute atomic E-state index is 11.2. The Bertz CT molecular complexity index is 295. The van der Waals surface area contributed by atoms with E-state index in [9.17, 15) is 4.79 Å². The number of imidazole rings is 1. The van der Waals surface area contributed by atoms with E-state index in [-0.39, 0.29) is 17.5 Å². The zero-order valence-corrected chi connectivity index (χ0v) is 7.51. The quantitative estimate of drug-likeness (QED) is 0.709. The van der Waals surface area contributed by atoms with Gasteiger partial charge in [-0.3, -0.25) is 4.79 Å². The first-order valence-corrected chi connectivity index (χ1v) is 4.02. The van der Waals surface area contributed by atoms with Crippen LogP contribution in [0.2, 0.25) is 5.15 Å². The Morgan fingerprint density at radius 1 is 1.83 bits per heavy atom. The van der Waals surface area contributed by atoms with Gasteiger partial charge in [-0.1, -0.05) is 11.6 Å². The zero-order chi connectivity index (χ0) is 9.14. The van der Waals surface area contributed by atoms with Gasteiger partial charge in [0.15, 0.2) is 10.9 Å². The van der Waals surface area contributed by atoms with Crippen LogP contribution in [-0.4, -0.2) is 21.9 Å². The second-order valence-corrected chi connectivity index (χ2v) is 2.66. The molecule has 0 unspecified atom stereocenters. The van der Waals surface area contributed by atoms with Gasteiger partial charge in [-0.2, -0.15) is 0 Å². The summed E-state index contributed by atoms with van der Waals surface area (Å²) in [6.07, 6.45) is 1.53. The van der Waals surface area contributed by atoms with Crippen molar-refractivity contribution in [1.82, 2.24) is 9.55 Å². The molecule has 0 aliphatic rings. The minimum atomic E-state index is -0.181.